The predicted octanol–water partition coefficient (Wildman–Crippen LogP) is 2.59. The van der Waals surface area contributed by atoms with E-state index in [0.717, 1.165) is 24.8 Å². The van der Waals surface area contributed by atoms with Crippen molar-refractivity contribution in [3.63, 3.8) is 0 Å². The fourth-order valence-electron chi connectivity index (χ4n) is 3.19. The lowest BCUT2D eigenvalue weighted by Crippen LogP contribution is -2.44. The number of rotatable bonds is 5. The van der Waals surface area contributed by atoms with Crippen molar-refractivity contribution in [2.24, 2.45) is 0 Å². The van der Waals surface area contributed by atoms with E-state index in [4.69, 9.17) is 4.42 Å². The molecule has 1 saturated heterocycles. The summed E-state index contributed by atoms with van der Waals surface area (Å²) in [5, 5.41) is 2.54. The number of nitrogens with one attached hydrogen (secondary N) is 1. The number of carbonyl (C=O) groups excluding carboxylic acids is 2. The van der Waals surface area contributed by atoms with Gasteiger partial charge in [-0.05, 0) is 37.0 Å². The van der Waals surface area contributed by atoms with E-state index in [0.29, 0.717) is 24.6 Å². The van der Waals surface area contributed by atoms with Crippen molar-refractivity contribution < 1.29 is 18.4 Å². The molecule has 3 rings (SSSR count). The zero-order chi connectivity index (χ0) is 18.5. The number of benzene rings is 1. The standard InChI is InChI=1S/C19H22FN3O3/c1-13(24)21-12-18(25)23-8-3-2-7-17(23)19-22-11-16(26-19)10-14-5-4-6-15(20)9-14/h4-6,9,11,17H,2-3,7-8,10,12H2,1H3,(H,21,24)/t17-/m1/s1. The number of oxazole rings is 1. The third-order valence-corrected chi connectivity index (χ3v) is 4.44. The number of carbonyl (C=O) groups is 2. The summed E-state index contributed by atoms with van der Waals surface area (Å²) in [6.45, 7) is 1.97. The molecule has 0 bridgehead atoms. The van der Waals surface area contributed by atoms with Crippen LogP contribution in [0.15, 0.2) is 34.9 Å². The number of nitrogens with zero attached hydrogens (tertiary/aromatic N) is 2. The van der Waals surface area contributed by atoms with Crippen molar-refractivity contribution in [3.8, 4) is 0 Å². The van der Waals surface area contributed by atoms with Crippen LogP contribution in [0.2, 0.25) is 0 Å². The molecule has 0 unspecified atom stereocenters. The van der Waals surface area contributed by atoms with Crippen LogP contribution >= 0.6 is 0 Å². The number of hydrogen-bond donors (Lipinski definition) is 1. The first-order valence-corrected chi connectivity index (χ1v) is 8.76. The molecule has 7 heteroatoms. The molecule has 0 radical (unpaired) electrons. The molecule has 1 fully saturated rings. The van der Waals surface area contributed by atoms with Gasteiger partial charge in [-0.2, -0.15) is 0 Å². The van der Waals surface area contributed by atoms with Crippen molar-refractivity contribution in [1.82, 2.24) is 15.2 Å². The van der Waals surface area contributed by atoms with Crippen molar-refractivity contribution >= 4 is 11.8 Å². The SMILES string of the molecule is CC(=O)NCC(=O)N1CCCC[C@@H]1c1ncc(Cc2cccc(F)c2)o1. The van der Waals surface area contributed by atoms with Gasteiger partial charge >= 0.3 is 0 Å². The Bertz CT molecular complexity index is 790. The minimum Gasteiger partial charge on any atom is -0.443 e. The largest absolute Gasteiger partial charge is 0.443 e. The number of piperidine rings is 1. The average Bonchev–Trinajstić information content (AvgIpc) is 3.08. The van der Waals surface area contributed by atoms with Crippen molar-refractivity contribution in [1.29, 1.82) is 0 Å². The van der Waals surface area contributed by atoms with Crippen molar-refractivity contribution in [2.45, 2.75) is 38.6 Å². The Morgan fingerprint density at radius 3 is 3.00 bits per heavy atom. The first-order valence-electron chi connectivity index (χ1n) is 8.76. The van der Waals surface area contributed by atoms with Crippen LogP contribution < -0.4 is 5.32 Å². The lowest BCUT2D eigenvalue weighted by Gasteiger charge is -2.33. The summed E-state index contributed by atoms with van der Waals surface area (Å²) in [5.74, 6) is 0.456. The Balaban J connectivity index is 1.71. The Hall–Kier alpha value is -2.70. The second kappa shape index (κ2) is 8.12. The minimum atomic E-state index is -0.288. The second-order valence-corrected chi connectivity index (χ2v) is 6.48. The third kappa shape index (κ3) is 4.47. The molecular weight excluding hydrogens is 337 g/mol. The fraction of sp³-hybridized carbons (Fsp3) is 0.421. The van der Waals surface area contributed by atoms with Gasteiger partial charge in [-0.1, -0.05) is 12.1 Å². The van der Waals surface area contributed by atoms with Gasteiger partial charge in [0.1, 0.15) is 17.6 Å². The van der Waals surface area contributed by atoms with E-state index in [1.54, 1.807) is 17.2 Å². The molecule has 0 aliphatic carbocycles. The first-order chi connectivity index (χ1) is 12.5. The first kappa shape index (κ1) is 18.1. The van der Waals surface area contributed by atoms with Gasteiger partial charge in [-0.25, -0.2) is 9.37 Å². The molecule has 2 amide bonds. The topological polar surface area (TPSA) is 75.4 Å². The monoisotopic (exact) mass is 359 g/mol. The summed E-state index contributed by atoms with van der Waals surface area (Å²) < 4.78 is 19.2. The van der Waals surface area contributed by atoms with Crippen LogP contribution in [-0.4, -0.2) is 34.8 Å². The summed E-state index contributed by atoms with van der Waals surface area (Å²) in [6, 6.07) is 6.12. The van der Waals surface area contributed by atoms with Crippen LogP contribution in [-0.2, 0) is 16.0 Å². The molecule has 1 aliphatic rings. The van der Waals surface area contributed by atoms with Gasteiger partial charge in [0.25, 0.3) is 0 Å². The number of hydrogen-bond acceptors (Lipinski definition) is 4. The average molecular weight is 359 g/mol. The molecule has 2 heterocycles. The van der Waals surface area contributed by atoms with Crippen LogP contribution in [0.25, 0.3) is 0 Å². The van der Waals surface area contributed by atoms with E-state index >= 15 is 0 Å². The molecule has 1 aliphatic heterocycles. The molecule has 1 atom stereocenters. The van der Waals surface area contributed by atoms with E-state index in [9.17, 15) is 14.0 Å². The maximum atomic E-state index is 13.3. The second-order valence-electron chi connectivity index (χ2n) is 6.48. The van der Waals surface area contributed by atoms with Gasteiger partial charge < -0.3 is 14.6 Å². The van der Waals surface area contributed by atoms with Gasteiger partial charge in [-0.15, -0.1) is 0 Å². The molecule has 0 saturated carbocycles. The number of halogens is 1. The zero-order valence-corrected chi connectivity index (χ0v) is 14.7. The lowest BCUT2D eigenvalue weighted by atomic mass is 10.0. The highest BCUT2D eigenvalue weighted by Gasteiger charge is 2.31. The smallest absolute Gasteiger partial charge is 0.242 e. The molecule has 1 aromatic carbocycles. The zero-order valence-electron chi connectivity index (χ0n) is 14.7. The predicted molar refractivity (Wildman–Crippen MR) is 92.7 cm³/mol. The highest BCUT2D eigenvalue weighted by atomic mass is 19.1. The molecule has 6 nitrogen and oxygen atoms in total. The molecule has 1 N–H and O–H groups in total. The fourth-order valence-corrected chi connectivity index (χ4v) is 3.19. The molecular formula is C19H22FN3O3. The highest BCUT2D eigenvalue weighted by molar-refractivity contribution is 5.84. The summed E-state index contributed by atoms with van der Waals surface area (Å²) in [6.07, 6.45) is 4.74. The van der Waals surface area contributed by atoms with Crippen LogP contribution in [0.4, 0.5) is 4.39 Å². The van der Waals surface area contributed by atoms with Gasteiger partial charge in [0.15, 0.2) is 0 Å². The van der Waals surface area contributed by atoms with Gasteiger partial charge in [0, 0.05) is 19.9 Å². The number of aromatic nitrogens is 1. The lowest BCUT2D eigenvalue weighted by molar-refractivity contribution is -0.136. The summed E-state index contributed by atoms with van der Waals surface area (Å²) >= 11 is 0. The normalized spacial score (nSPS) is 17.2. The number of amides is 2. The maximum absolute atomic E-state index is 13.3. The van der Waals surface area contributed by atoms with E-state index in [2.05, 4.69) is 10.3 Å². The molecule has 138 valence electrons. The Morgan fingerprint density at radius 1 is 1.38 bits per heavy atom. The van der Waals surface area contributed by atoms with Crippen LogP contribution in [0.3, 0.4) is 0 Å². The highest BCUT2D eigenvalue weighted by Crippen LogP contribution is 2.31. The van der Waals surface area contributed by atoms with Crippen molar-refractivity contribution in [2.75, 3.05) is 13.1 Å². The summed E-state index contributed by atoms with van der Waals surface area (Å²) in [4.78, 5) is 29.5. The van der Waals surface area contributed by atoms with E-state index in [1.807, 2.05) is 6.07 Å². The maximum Gasteiger partial charge on any atom is 0.242 e. The Kier molecular flexibility index (Phi) is 5.65. The molecule has 2 aromatic rings. The van der Waals surface area contributed by atoms with E-state index in [-0.39, 0.29) is 30.2 Å². The molecule has 0 spiro atoms. The van der Waals surface area contributed by atoms with Gasteiger partial charge in [0.2, 0.25) is 17.7 Å². The van der Waals surface area contributed by atoms with Crippen LogP contribution in [0.5, 0.6) is 0 Å². The Morgan fingerprint density at radius 2 is 2.23 bits per heavy atom. The minimum absolute atomic E-state index is 0.0251. The quantitative estimate of drug-likeness (QED) is 0.890. The number of likely N-dealkylation sites (tertiary alicyclic amines) is 1. The van der Waals surface area contributed by atoms with Gasteiger partial charge in [-0.3, -0.25) is 9.59 Å². The van der Waals surface area contributed by atoms with Crippen molar-refractivity contribution in [3.05, 3.63) is 53.5 Å². The molecule has 1 aromatic heterocycles. The molecule has 26 heavy (non-hydrogen) atoms. The van der Waals surface area contributed by atoms with E-state index in [1.165, 1.54) is 19.1 Å². The summed E-state index contributed by atoms with van der Waals surface area (Å²) in [7, 11) is 0. The summed E-state index contributed by atoms with van der Waals surface area (Å²) in [5.41, 5.74) is 0.801. The van der Waals surface area contributed by atoms with E-state index < -0.39 is 0 Å². The van der Waals surface area contributed by atoms with Crippen LogP contribution in [0, 0.1) is 5.82 Å². The third-order valence-electron chi connectivity index (χ3n) is 4.44. The van der Waals surface area contributed by atoms with Gasteiger partial charge in [0.05, 0.1) is 12.7 Å². The van der Waals surface area contributed by atoms with Crippen LogP contribution in [0.1, 0.15) is 49.4 Å². The Labute approximate surface area is 151 Å².